The molecule has 2 heterocycles. The van der Waals surface area contributed by atoms with Gasteiger partial charge in [-0.3, -0.25) is 4.79 Å². The van der Waals surface area contributed by atoms with Crippen molar-refractivity contribution in [3.63, 3.8) is 0 Å². The van der Waals surface area contributed by atoms with Gasteiger partial charge in [-0.05, 0) is 41.5 Å². The lowest BCUT2D eigenvalue weighted by Gasteiger charge is -2.34. The zero-order valence-electron chi connectivity index (χ0n) is 15.9. The summed E-state index contributed by atoms with van der Waals surface area (Å²) in [5.41, 5.74) is 0.842. The van der Waals surface area contributed by atoms with E-state index in [2.05, 4.69) is 0 Å². The summed E-state index contributed by atoms with van der Waals surface area (Å²) in [7, 11) is -3.73. The molecule has 2 aliphatic rings. The third-order valence-corrected chi connectivity index (χ3v) is 7.19. The fraction of sp³-hybridized carbons (Fsp3) is 0.350. The van der Waals surface area contributed by atoms with Crippen LogP contribution in [0.2, 0.25) is 0 Å². The zero-order chi connectivity index (χ0) is 21.5. The highest BCUT2D eigenvalue weighted by Crippen LogP contribution is 2.30. The van der Waals surface area contributed by atoms with E-state index in [9.17, 15) is 26.4 Å². The molecule has 0 aliphatic carbocycles. The molecule has 0 atom stereocenters. The first kappa shape index (κ1) is 20.8. The maximum atomic E-state index is 12.9. The van der Waals surface area contributed by atoms with Gasteiger partial charge in [0.1, 0.15) is 0 Å². The van der Waals surface area contributed by atoms with Gasteiger partial charge in [0.2, 0.25) is 10.0 Å². The third-order valence-electron chi connectivity index (χ3n) is 5.29. The summed E-state index contributed by atoms with van der Waals surface area (Å²) in [6, 6.07) is 9.13. The Balaban J connectivity index is 1.45. The second-order valence-electron chi connectivity index (χ2n) is 7.20. The Morgan fingerprint density at radius 3 is 2.33 bits per heavy atom. The summed E-state index contributed by atoms with van der Waals surface area (Å²) >= 11 is 0. The van der Waals surface area contributed by atoms with E-state index >= 15 is 0 Å². The van der Waals surface area contributed by atoms with Gasteiger partial charge in [-0.2, -0.15) is 17.5 Å². The standard InChI is InChI=1S/C20H19F3N2O4S/c21-20(22,23)17-3-1-2-14(10-17)19(26)24-6-8-25(9-7-24)30(27,28)18-5-4-15-12-29-13-16(15)11-18/h1-5,10-11H,6-9,12-13H2. The summed E-state index contributed by atoms with van der Waals surface area (Å²) in [4.78, 5) is 14.2. The largest absolute Gasteiger partial charge is 0.416 e. The van der Waals surface area contributed by atoms with E-state index in [1.165, 1.54) is 21.3 Å². The van der Waals surface area contributed by atoms with Crippen molar-refractivity contribution in [1.82, 2.24) is 9.21 Å². The number of benzene rings is 2. The average molecular weight is 440 g/mol. The number of alkyl halides is 3. The highest BCUT2D eigenvalue weighted by molar-refractivity contribution is 7.89. The number of amides is 1. The van der Waals surface area contributed by atoms with Crippen molar-refractivity contribution in [2.24, 2.45) is 0 Å². The minimum Gasteiger partial charge on any atom is -0.372 e. The number of rotatable bonds is 3. The summed E-state index contributed by atoms with van der Waals surface area (Å²) in [6.45, 7) is 1.18. The fourth-order valence-electron chi connectivity index (χ4n) is 3.60. The molecule has 0 radical (unpaired) electrons. The Morgan fingerprint density at radius 2 is 1.63 bits per heavy atom. The molecule has 10 heteroatoms. The van der Waals surface area contributed by atoms with E-state index in [4.69, 9.17) is 4.74 Å². The number of carbonyl (C=O) groups is 1. The molecule has 160 valence electrons. The highest BCUT2D eigenvalue weighted by Gasteiger charge is 2.33. The first-order valence-electron chi connectivity index (χ1n) is 9.32. The molecular weight excluding hydrogens is 421 g/mol. The summed E-state index contributed by atoms with van der Waals surface area (Å²) < 4.78 is 71.2. The molecule has 0 bridgehead atoms. The third kappa shape index (κ3) is 3.94. The molecule has 1 amide bonds. The highest BCUT2D eigenvalue weighted by atomic mass is 32.2. The number of ether oxygens (including phenoxy) is 1. The SMILES string of the molecule is O=C(c1cccc(C(F)(F)F)c1)N1CCN(S(=O)(=O)c2ccc3c(c2)COC3)CC1. The Hall–Kier alpha value is -2.43. The number of fused-ring (bicyclic) bond motifs is 1. The zero-order valence-corrected chi connectivity index (χ0v) is 16.7. The normalized spacial score (nSPS) is 17.8. The molecule has 0 unspecified atom stereocenters. The monoisotopic (exact) mass is 440 g/mol. The first-order chi connectivity index (χ1) is 14.2. The van der Waals surface area contributed by atoms with E-state index < -0.39 is 27.7 Å². The molecule has 1 fully saturated rings. The predicted octanol–water partition coefficient (Wildman–Crippen LogP) is 2.88. The summed E-state index contributed by atoms with van der Waals surface area (Å²) in [5, 5.41) is 0. The van der Waals surface area contributed by atoms with Crippen molar-refractivity contribution < 1.29 is 31.1 Å². The first-order valence-corrected chi connectivity index (χ1v) is 10.8. The van der Waals surface area contributed by atoms with Gasteiger partial charge >= 0.3 is 6.18 Å². The lowest BCUT2D eigenvalue weighted by atomic mass is 10.1. The molecule has 0 N–H and O–H groups in total. The molecule has 2 aliphatic heterocycles. The van der Waals surface area contributed by atoms with E-state index in [0.29, 0.717) is 13.2 Å². The summed E-state index contributed by atoms with van der Waals surface area (Å²) in [5.74, 6) is -0.548. The van der Waals surface area contributed by atoms with Crippen LogP contribution in [0.4, 0.5) is 13.2 Å². The molecule has 6 nitrogen and oxygen atoms in total. The molecule has 1 saturated heterocycles. The fourth-order valence-corrected chi connectivity index (χ4v) is 5.07. The molecule has 30 heavy (non-hydrogen) atoms. The lowest BCUT2D eigenvalue weighted by molar-refractivity contribution is -0.137. The Kier molecular flexibility index (Phi) is 5.33. The van der Waals surface area contributed by atoms with Crippen LogP contribution in [-0.2, 0) is 34.2 Å². The van der Waals surface area contributed by atoms with Gasteiger partial charge < -0.3 is 9.64 Å². The van der Waals surface area contributed by atoms with Crippen LogP contribution < -0.4 is 0 Å². The number of nitrogens with zero attached hydrogens (tertiary/aromatic N) is 2. The van der Waals surface area contributed by atoms with Gasteiger partial charge in [0.05, 0.1) is 23.7 Å². The van der Waals surface area contributed by atoms with Crippen LogP contribution in [0.1, 0.15) is 27.0 Å². The number of hydrogen-bond donors (Lipinski definition) is 0. The lowest BCUT2D eigenvalue weighted by Crippen LogP contribution is -2.50. The molecule has 0 aromatic heterocycles. The van der Waals surface area contributed by atoms with Crippen molar-refractivity contribution in [2.45, 2.75) is 24.3 Å². The van der Waals surface area contributed by atoms with Crippen molar-refractivity contribution in [3.8, 4) is 0 Å². The van der Waals surface area contributed by atoms with Gasteiger partial charge in [-0.15, -0.1) is 0 Å². The van der Waals surface area contributed by atoms with Crippen LogP contribution in [0, 0.1) is 0 Å². The second kappa shape index (κ2) is 7.68. The second-order valence-corrected chi connectivity index (χ2v) is 9.14. The predicted molar refractivity (Wildman–Crippen MR) is 101 cm³/mol. The molecule has 0 saturated carbocycles. The van der Waals surface area contributed by atoms with Gasteiger partial charge in [0.15, 0.2) is 0 Å². The molecule has 2 aromatic carbocycles. The maximum Gasteiger partial charge on any atom is 0.416 e. The number of sulfonamides is 1. The van der Waals surface area contributed by atoms with Gasteiger partial charge in [-0.25, -0.2) is 8.42 Å². The van der Waals surface area contributed by atoms with E-state index in [1.54, 1.807) is 18.2 Å². The molecular formula is C20H19F3N2O4S. The molecule has 4 rings (SSSR count). The minimum atomic E-state index is -4.54. The van der Waals surface area contributed by atoms with Crippen LogP contribution in [-0.4, -0.2) is 49.7 Å². The van der Waals surface area contributed by atoms with Crippen LogP contribution in [0.15, 0.2) is 47.4 Å². The van der Waals surface area contributed by atoms with Crippen LogP contribution in [0.5, 0.6) is 0 Å². The van der Waals surface area contributed by atoms with Gasteiger partial charge in [-0.1, -0.05) is 12.1 Å². The van der Waals surface area contributed by atoms with Crippen LogP contribution >= 0.6 is 0 Å². The van der Waals surface area contributed by atoms with Gasteiger partial charge in [0.25, 0.3) is 5.91 Å². The number of halogens is 3. The average Bonchev–Trinajstić information content (AvgIpc) is 3.21. The van der Waals surface area contributed by atoms with Crippen molar-refractivity contribution in [2.75, 3.05) is 26.2 Å². The number of piperazine rings is 1. The van der Waals surface area contributed by atoms with Crippen LogP contribution in [0.3, 0.4) is 0 Å². The van der Waals surface area contributed by atoms with Crippen molar-refractivity contribution in [1.29, 1.82) is 0 Å². The van der Waals surface area contributed by atoms with E-state index in [1.807, 2.05) is 0 Å². The molecule has 0 spiro atoms. The Morgan fingerprint density at radius 1 is 0.933 bits per heavy atom. The Bertz CT molecular complexity index is 1080. The Labute approximate surface area is 171 Å². The smallest absolute Gasteiger partial charge is 0.372 e. The maximum absolute atomic E-state index is 12.9. The quantitative estimate of drug-likeness (QED) is 0.736. The summed E-state index contributed by atoms with van der Waals surface area (Å²) in [6.07, 6.45) is -4.54. The van der Waals surface area contributed by atoms with Crippen molar-refractivity contribution >= 4 is 15.9 Å². The minimum absolute atomic E-state index is 0.0697. The number of carbonyl (C=O) groups excluding carboxylic acids is 1. The number of hydrogen-bond acceptors (Lipinski definition) is 4. The molecule has 2 aromatic rings. The van der Waals surface area contributed by atoms with E-state index in [-0.39, 0.29) is 36.6 Å². The van der Waals surface area contributed by atoms with Crippen LogP contribution in [0.25, 0.3) is 0 Å². The van der Waals surface area contributed by atoms with Crippen molar-refractivity contribution in [3.05, 3.63) is 64.7 Å². The topological polar surface area (TPSA) is 66.9 Å². The van der Waals surface area contributed by atoms with E-state index in [0.717, 1.165) is 23.3 Å². The van der Waals surface area contributed by atoms with Gasteiger partial charge in [0, 0.05) is 31.7 Å².